The monoisotopic (exact) mass is 361 g/mol. The first-order valence-electron chi connectivity index (χ1n) is 8.82. The van der Waals surface area contributed by atoms with E-state index in [1.165, 1.54) is 5.56 Å². The molecule has 4 aromatic heterocycles. The van der Waals surface area contributed by atoms with Crippen LogP contribution >= 0.6 is 0 Å². The summed E-state index contributed by atoms with van der Waals surface area (Å²) in [6.45, 7) is 2.15. The molecule has 0 spiro atoms. The van der Waals surface area contributed by atoms with E-state index >= 15 is 0 Å². The molecular formula is C18H19N9. The molecule has 27 heavy (non-hydrogen) atoms. The number of nitrogens with zero attached hydrogens (tertiary/aromatic N) is 7. The van der Waals surface area contributed by atoms with Crippen LogP contribution in [0.25, 0.3) is 16.9 Å². The van der Waals surface area contributed by atoms with Crippen molar-refractivity contribution in [2.75, 3.05) is 10.4 Å². The normalized spacial score (nSPS) is 14.4. The van der Waals surface area contributed by atoms with Gasteiger partial charge in [-0.15, -0.1) is 5.53 Å². The number of hydrazine groups is 2. The number of aryl methyl sites for hydroxylation is 1. The van der Waals surface area contributed by atoms with Crippen LogP contribution in [0.5, 0.6) is 0 Å². The van der Waals surface area contributed by atoms with Gasteiger partial charge in [0, 0.05) is 37.4 Å². The number of aromatic nitrogens is 6. The highest BCUT2D eigenvalue weighted by Crippen LogP contribution is 2.35. The van der Waals surface area contributed by atoms with Crippen molar-refractivity contribution in [3.8, 4) is 11.3 Å². The van der Waals surface area contributed by atoms with Crippen LogP contribution in [-0.4, -0.2) is 29.1 Å². The summed E-state index contributed by atoms with van der Waals surface area (Å²) in [7, 11) is 1.89. The molecule has 9 heteroatoms. The number of rotatable bonds is 4. The lowest BCUT2D eigenvalue weighted by Crippen LogP contribution is -2.39. The second kappa shape index (κ2) is 6.06. The van der Waals surface area contributed by atoms with E-state index in [9.17, 15) is 0 Å². The molecule has 0 saturated heterocycles. The fraction of sp³-hybridized carbons (Fsp3) is 0.222. The van der Waals surface area contributed by atoms with E-state index in [4.69, 9.17) is 4.98 Å². The van der Waals surface area contributed by atoms with E-state index in [-0.39, 0.29) is 6.04 Å². The maximum absolute atomic E-state index is 4.83. The van der Waals surface area contributed by atoms with E-state index in [0.717, 1.165) is 29.1 Å². The topological polar surface area (TPSA) is 88.2 Å². The number of hydrogen-bond donors (Lipinski definition) is 2. The van der Waals surface area contributed by atoms with Crippen molar-refractivity contribution in [3.63, 3.8) is 0 Å². The highest BCUT2D eigenvalue weighted by Gasteiger charge is 2.29. The van der Waals surface area contributed by atoms with Crippen molar-refractivity contribution in [2.45, 2.75) is 19.4 Å². The van der Waals surface area contributed by atoms with E-state index < -0.39 is 0 Å². The quantitative estimate of drug-likeness (QED) is 0.577. The highest BCUT2D eigenvalue weighted by molar-refractivity contribution is 5.69. The Morgan fingerprint density at radius 3 is 2.89 bits per heavy atom. The van der Waals surface area contributed by atoms with Crippen molar-refractivity contribution >= 4 is 17.3 Å². The van der Waals surface area contributed by atoms with Crippen LogP contribution in [0.3, 0.4) is 0 Å². The number of nitrogens with one attached hydrogen (secondary N) is 2. The van der Waals surface area contributed by atoms with Crippen molar-refractivity contribution in [2.24, 2.45) is 7.05 Å². The molecule has 1 aliphatic heterocycles. The lowest BCUT2D eigenvalue weighted by atomic mass is 10.1. The minimum absolute atomic E-state index is 0.0870. The van der Waals surface area contributed by atoms with Crippen LogP contribution in [0.15, 0.2) is 49.3 Å². The molecule has 0 bridgehead atoms. The summed E-state index contributed by atoms with van der Waals surface area (Å²) in [5.41, 5.74) is 10.1. The highest BCUT2D eigenvalue weighted by atomic mass is 15.7. The number of imidazole rings is 1. The maximum Gasteiger partial charge on any atom is 0.190 e. The van der Waals surface area contributed by atoms with E-state index in [2.05, 4.69) is 45.2 Å². The van der Waals surface area contributed by atoms with Crippen LogP contribution < -0.4 is 16.0 Å². The standard InChI is InChI=1S/C18H19N9/c1-3-15(12-4-5-16-19-6-7-26(16)11-12)27-18-17(23-24-27)20-9-14(22-18)13-8-21-25(2)10-13/h4-11,15,24H,3H2,1-2H3,(H,20,23). The van der Waals surface area contributed by atoms with Gasteiger partial charge in [0.15, 0.2) is 11.6 Å². The maximum atomic E-state index is 4.83. The molecule has 0 amide bonds. The van der Waals surface area contributed by atoms with Gasteiger partial charge in [0.25, 0.3) is 0 Å². The summed E-state index contributed by atoms with van der Waals surface area (Å²) < 4.78 is 3.79. The molecule has 5 heterocycles. The summed E-state index contributed by atoms with van der Waals surface area (Å²) in [5.74, 6) is 1.48. The fourth-order valence-corrected chi connectivity index (χ4v) is 3.42. The first kappa shape index (κ1) is 15.8. The smallest absolute Gasteiger partial charge is 0.190 e. The Labute approximate surface area is 155 Å². The van der Waals surface area contributed by atoms with Crippen LogP contribution in [0.1, 0.15) is 24.9 Å². The van der Waals surface area contributed by atoms with Crippen LogP contribution in [0.4, 0.5) is 11.6 Å². The molecule has 1 unspecified atom stereocenters. The van der Waals surface area contributed by atoms with E-state index in [1.807, 2.05) is 34.9 Å². The van der Waals surface area contributed by atoms with Gasteiger partial charge in [-0.25, -0.2) is 15.0 Å². The minimum Gasteiger partial charge on any atom is -0.307 e. The van der Waals surface area contributed by atoms with Gasteiger partial charge in [-0.05, 0) is 18.1 Å². The van der Waals surface area contributed by atoms with Gasteiger partial charge in [0.2, 0.25) is 0 Å². The zero-order valence-corrected chi connectivity index (χ0v) is 15.0. The molecule has 2 N–H and O–H groups in total. The largest absolute Gasteiger partial charge is 0.307 e. The SMILES string of the molecule is CCC(c1ccc2nccn2c1)N1NNc2ncc(-c3cnn(C)c3)nc21. The van der Waals surface area contributed by atoms with Gasteiger partial charge in [0.05, 0.1) is 24.1 Å². The number of hydrogen-bond acceptors (Lipinski definition) is 7. The third kappa shape index (κ3) is 2.59. The number of fused-ring (bicyclic) bond motifs is 2. The zero-order valence-electron chi connectivity index (χ0n) is 15.0. The van der Waals surface area contributed by atoms with Crippen molar-refractivity contribution < 1.29 is 0 Å². The third-order valence-corrected chi connectivity index (χ3v) is 4.77. The Hall–Kier alpha value is -3.46. The van der Waals surface area contributed by atoms with Gasteiger partial charge in [-0.2, -0.15) is 5.10 Å². The predicted molar refractivity (Wildman–Crippen MR) is 102 cm³/mol. The average Bonchev–Trinajstić information content (AvgIpc) is 3.41. The molecule has 0 aromatic carbocycles. The molecule has 136 valence electrons. The molecule has 1 aliphatic rings. The third-order valence-electron chi connectivity index (χ3n) is 4.77. The van der Waals surface area contributed by atoms with Gasteiger partial charge in [-0.1, -0.05) is 13.0 Å². The predicted octanol–water partition coefficient (Wildman–Crippen LogP) is 2.33. The van der Waals surface area contributed by atoms with Gasteiger partial charge in [0.1, 0.15) is 5.65 Å². The van der Waals surface area contributed by atoms with Gasteiger partial charge in [-0.3, -0.25) is 15.1 Å². The summed E-state index contributed by atoms with van der Waals surface area (Å²) in [5, 5.41) is 6.25. The summed E-state index contributed by atoms with van der Waals surface area (Å²) >= 11 is 0. The molecule has 0 aliphatic carbocycles. The van der Waals surface area contributed by atoms with Crippen LogP contribution in [-0.2, 0) is 7.05 Å². The zero-order chi connectivity index (χ0) is 18.4. The molecule has 0 saturated carbocycles. The average molecular weight is 361 g/mol. The molecule has 0 radical (unpaired) electrons. The fourth-order valence-electron chi connectivity index (χ4n) is 3.42. The Morgan fingerprint density at radius 2 is 2.07 bits per heavy atom. The minimum atomic E-state index is 0.0870. The summed E-state index contributed by atoms with van der Waals surface area (Å²) in [4.78, 5) is 13.7. The van der Waals surface area contributed by atoms with Gasteiger partial charge >= 0.3 is 0 Å². The van der Waals surface area contributed by atoms with Crippen molar-refractivity contribution in [1.82, 2.24) is 34.7 Å². The number of anilines is 2. The molecule has 5 rings (SSSR count). The Kier molecular flexibility index (Phi) is 3.54. The van der Waals surface area contributed by atoms with Crippen LogP contribution in [0, 0.1) is 0 Å². The number of pyridine rings is 1. The summed E-state index contributed by atoms with van der Waals surface area (Å²) in [6.07, 6.45) is 12.2. The molecule has 4 aromatic rings. The molecule has 9 nitrogen and oxygen atoms in total. The Balaban J connectivity index is 1.54. The molecule has 0 fully saturated rings. The van der Waals surface area contributed by atoms with E-state index in [0.29, 0.717) is 5.82 Å². The first-order chi connectivity index (χ1) is 13.2. The van der Waals surface area contributed by atoms with Crippen molar-refractivity contribution in [3.05, 3.63) is 54.9 Å². The second-order valence-corrected chi connectivity index (χ2v) is 6.52. The van der Waals surface area contributed by atoms with Crippen molar-refractivity contribution in [1.29, 1.82) is 0 Å². The molecular weight excluding hydrogens is 342 g/mol. The van der Waals surface area contributed by atoms with Gasteiger partial charge < -0.3 is 4.40 Å². The summed E-state index contributed by atoms with van der Waals surface area (Å²) in [6, 6.07) is 4.22. The first-order valence-corrected chi connectivity index (χ1v) is 8.82. The second-order valence-electron chi connectivity index (χ2n) is 6.52. The lowest BCUT2D eigenvalue weighted by Gasteiger charge is -2.27. The Bertz CT molecular complexity index is 1110. The Morgan fingerprint density at radius 1 is 1.15 bits per heavy atom. The molecule has 1 atom stereocenters. The van der Waals surface area contributed by atoms with Crippen LogP contribution in [0.2, 0.25) is 0 Å². The van der Waals surface area contributed by atoms with E-state index in [1.54, 1.807) is 23.3 Å². The lowest BCUT2D eigenvalue weighted by molar-refractivity contribution is 0.558.